The van der Waals surface area contributed by atoms with Crippen LogP contribution in [0.15, 0.2) is 23.2 Å². The van der Waals surface area contributed by atoms with E-state index in [1.807, 2.05) is 39.0 Å². The second-order valence-electron chi connectivity index (χ2n) is 6.46. The number of piperidine rings is 1. The Balaban J connectivity index is 0.00000392. The smallest absolute Gasteiger partial charge is 0.229 e. The number of hydrogen-bond acceptors (Lipinski definition) is 4. The van der Waals surface area contributed by atoms with E-state index in [9.17, 15) is 9.59 Å². The van der Waals surface area contributed by atoms with Crippen LogP contribution in [0.1, 0.15) is 44.2 Å². The predicted molar refractivity (Wildman–Crippen MR) is 121 cm³/mol. The lowest BCUT2D eigenvalue weighted by Crippen LogP contribution is -2.46. The Morgan fingerprint density at radius 3 is 2.54 bits per heavy atom. The molecule has 0 atom stereocenters. The van der Waals surface area contributed by atoms with Crippen LogP contribution in [0, 0.1) is 6.92 Å². The first kappa shape index (κ1) is 24.2. The minimum atomic E-state index is -0.0870. The Kier molecular flexibility index (Phi) is 10.9. The first-order chi connectivity index (χ1) is 13.0. The van der Waals surface area contributed by atoms with Gasteiger partial charge in [-0.1, -0.05) is 12.1 Å². The van der Waals surface area contributed by atoms with Gasteiger partial charge in [0.1, 0.15) is 5.75 Å². The van der Waals surface area contributed by atoms with Crippen molar-refractivity contribution < 1.29 is 14.3 Å². The van der Waals surface area contributed by atoms with Crippen molar-refractivity contribution in [3.63, 3.8) is 0 Å². The van der Waals surface area contributed by atoms with Crippen LogP contribution in [0.4, 0.5) is 0 Å². The van der Waals surface area contributed by atoms with E-state index in [1.54, 1.807) is 0 Å². The molecule has 2 rings (SSSR count). The maximum atomic E-state index is 11.9. The topological polar surface area (TPSA) is 83.0 Å². The van der Waals surface area contributed by atoms with E-state index in [2.05, 4.69) is 15.6 Å². The third-order valence-corrected chi connectivity index (χ3v) is 4.29. The Hall–Kier alpha value is -1.84. The van der Waals surface area contributed by atoms with E-state index in [-0.39, 0.29) is 35.8 Å². The number of aliphatic imine (C=N–C) groups is 1. The molecule has 2 amide bonds. The zero-order chi connectivity index (χ0) is 19.6. The summed E-state index contributed by atoms with van der Waals surface area (Å²) in [5, 5.41) is 6.38. The van der Waals surface area contributed by atoms with Crippen molar-refractivity contribution in [2.75, 3.05) is 26.2 Å². The number of ether oxygens (including phenoxy) is 1. The molecule has 0 bridgehead atoms. The average molecular weight is 502 g/mol. The van der Waals surface area contributed by atoms with Crippen molar-refractivity contribution in [3.8, 4) is 5.75 Å². The predicted octanol–water partition coefficient (Wildman–Crippen LogP) is 2.61. The summed E-state index contributed by atoms with van der Waals surface area (Å²) >= 11 is 0. The fourth-order valence-electron chi connectivity index (χ4n) is 2.92. The number of benzene rings is 1. The summed E-state index contributed by atoms with van der Waals surface area (Å²) < 4.78 is 5.70. The molecule has 0 unspecified atom stereocenters. The Bertz CT molecular complexity index is 678. The van der Waals surface area contributed by atoms with Crippen LogP contribution in [-0.2, 0) is 16.1 Å². The minimum Gasteiger partial charge on any atom is -0.494 e. The highest BCUT2D eigenvalue weighted by Gasteiger charge is 2.25. The standard InChI is InChI=1S/C20H30N4O3.HI/c1-4-21-20(22-11-12-24-18(25)7-6-8-19(24)26)23-14-16-10-9-15(3)13-17(16)27-5-2;/h9-10,13H,4-8,11-12,14H2,1-3H3,(H2,21,22,23);1H. The number of nitrogens with one attached hydrogen (secondary N) is 2. The van der Waals surface area contributed by atoms with Crippen LogP contribution in [0.3, 0.4) is 0 Å². The summed E-state index contributed by atoms with van der Waals surface area (Å²) in [7, 11) is 0. The zero-order valence-electron chi connectivity index (χ0n) is 16.9. The van der Waals surface area contributed by atoms with E-state index in [0.717, 1.165) is 23.4 Å². The summed E-state index contributed by atoms with van der Waals surface area (Å²) in [6.45, 7) is 8.62. The van der Waals surface area contributed by atoms with E-state index < -0.39 is 0 Å². The van der Waals surface area contributed by atoms with Gasteiger partial charge >= 0.3 is 0 Å². The van der Waals surface area contributed by atoms with E-state index in [1.165, 1.54) is 4.90 Å². The zero-order valence-corrected chi connectivity index (χ0v) is 19.2. The summed E-state index contributed by atoms with van der Waals surface area (Å²) in [4.78, 5) is 29.7. The number of guanidine groups is 1. The molecule has 28 heavy (non-hydrogen) atoms. The van der Waals surface area contributed by atoms with Gasteiger partial charge in [0.15, 0.2) is 5.96 Å². The van der Waals surface area contributed by atoms with Crippen molar-refractivity contribution in [1.82, 2.24) is 15.5 Å². The lowest BCUT2D eigenvalue weighted by atomic mass is 10.1. The van der Waals surface area contributed by atoms with Crippen molar-refractivity contribution in [1.29, 1.82) is 0 Å². The maximum absolute atomic E-state index is 11.9. The molecule has 2 N–H and O–H groups in total. The van der Waals surface area contributed by atoms with E-state index in [0.29, 0.717) is 51.5 Å². The molecule has 0 aromatic heterocycles. The molecule has 1 aliphatic heterocycles. The maximum Gasteiger partial charge on any atom is 0.229 e. The number of imide groups is 1. The number of halogens is 1. The third kappa shape index (κ3) is 7.29. The molecule has 0 saturated carbocycles. The number of hydrogen-bond donors (Lipinski definition) is 2. The van der Waals surface area contributed by atoms with Gasteiger partial charge in [-0.2, -0.15) is 0 Å². The number of carbonyl (C=O) groups excluding carboxylic acids is 2. The second kappa shape index (κ2) is 12.6. The highest BCUT2D eigenvalue weighted by Crippen LogP contribution is 2.21. The molecular weight excluding hydrogens is 471 g/mol. The van der Waals surface area contributed by atoms with Gasteiger partial charge < -0.3 is 15.4 Å². The average Bonchev–Trinajstić information content (AvgIpc) is 2.63. The van der Waals surface area contributed by atoms with Gasteiger partial charge in [-0.15, -0.1) is 24.0 Å². The molecule has 0 spiro atoms. The Morgan fingerprint density at radius 1 is 1.18 bits per heavy atom. The number of amides is 2. The minimum absolute atomic E-state index is 0. The van der Waals surface area contributed by atoms with Crippen LogP contribution in [0.2, 0.25) is 0 Å². The fraction of sp³-hybridized carbons (Fsp3) is 0.550. The molecule has 1 aromatic rings. The molecule has 0 aliphatic carbocycles. The summed E-state index contributed by atoms with van der Waals surface area (Å²) in [5.41, 5.74) is 2.16. The molecule has 1 aliphatic rings. The lowest BCUT2D eigenvalue weighted by Gasteiger charge is -2.25. The third-order valence-electron chi connectivity index (χ3n) is 4.29. The first-order valence-corrected chi connectivity index (χ1v) is 9.62. The molecule has 1 saturated heterocycles. The van der Waals surface area contributed by atoms with Gasteiger partial charge in [-0.25, -0.2) is 4.99 Å². The van der Waals surface area contributed by atoms with Crippen molar-refractivity contribution in [2.45, 2.75) is 46.6 Å². The van der Waals surface area contributed by atoms with Crippen LogP contribution < -0.4 is 15.4 Å². The molecular formula is C20H31IN4O3. The normalized spacial score (nSPS) is 14.5. The highest BCUT2D eigenvalue weighted by atomic mass is 127. The fourth-order valence-corrected chi connectivity index (χ4v) is 2.92. The van der Waals surface area contributed by atoms with Crippen LogP contribution in [-0.4, -0.2) is 48.9 Å². The van der Waals surface area contributed by atoms with Gasteiger partial charge in [0.05, 0.1) is 13.2 Å². The number of nitrogens with zero attached hydrogens (tertiary/aromatic N) is 2. The van der Waals surface area contributed by atoms with Gasteiger partial charge in [-0.05, 0) is 38.8 Å². The van der Waals surface area contributed by atoms with Crippen LogP contribution in [0.5, 0.6) is 5.75 Å². The molecule has 0 radical (unpaired) electrons. The van der Waals surface area contributed by atoms with Gasteiger partial charge in [-0.3, -0.25) is 14.5 Å². The van der Waals surface area contributed by atoms with Gasteiger partial charge in [0.25, 0.3) is 0 Å². The Labute approximate surface area is 184 Å². The van der Waals surface area contributed by atoms with Crippen molar-refractivity contribution >= 4 is 41.8 Å². The number of rotatable bonds is 8. The second-order valence-corrected chi connectivity index (χ2v) is 6.46. The van der Waals surface area contributed by atoms with Gasteiger partial charge in [0.2, 0.25) is 11.8 Å². The first-order valence-electron chi connectivity index (χ1n) is 9.62. The molecule has 7 nitrogen and oxygen atoms in total. The molecule has 1 fully saturated rings. The van der Waals surface area contributed by atoms with Crippen molar-refractivity contribution in [2.24, 2.45) is 4.99 Å². The summed E-state index contributed by atoms with van der Waals surface area (Å²) in [6, 6.07) is 6.09. The molecule has 1 heterocycles. The number of carbonyl (C=O) groups is 2. The molecule has 1 aromatic carbocycles. The number of likely N-dealkylation sites (tertiary alicyclic amines) is 1. The summed E-state index contributed by atoms with van der Waals surface area (Å²) in [6.07, 6.45) is 1.56. The van der Waals surface area contributed by atoms with Crippen molar-refractivity contribution in [3.05, 3.63) is 29.3 Å². The molecule has 8 heteroatoms. The van der Waals surface area contributed by atoms with Gasteiger partial charge in [0, 0.05) is 38.0 Å². The van der Waals surface area contributed by atoms with E-state index in [4.69, 9.17) is 4.74 Å². The SMILES string of the molecule is CCNC(=NCc1ccc(C)cc1OCC)NCCN1C(=O)CCCC1=O.I. The lowest BCUT2D eigenvalue weighted by molar-refractivity contribution is -0.147. The van der Waals surface area contributed by atoms with Crippen LogP contribution in [0.25, 0.3) is 0 Å². The Morgan fingerprint density at radius 2 is 1.89 bits per heavy atom. The monoisotopic (exact) mass is 502 g/mol. The van der Waals surface area contributed by atoms with Crippen LogP contribution >= 0.6 is 24.0 Å². The highest BCUT2D eigenvalue weighted by molar-refractivity contribution is 14.0. The van der Waals surface area contributed by atoms with E-state index >= 15 is 0 Å². The molecule has 156 valence electrons. The quantitative estimate of drug-likeness (QED) is 0.247. The summed E-state index contributed by atoms with van der Waals surface area (Å²) in [5.74, 6) is 1.33. The largest absolute Gasteiger partial charge is 0.494 e. The number of aryl methyl sites for hydroxylation is 1.